The minimum absolute atomic E-state index is 0.101. The van der Waals surface area contributed by atoms with E-state index >= 15 is 0 Å². The van der Waals surface area contributed by atoms with Gasteiger partial charge in [0.1, 0.15) is 11.5 Å². The summed E-state index contributed by atoms with van der Waals surface area (Å²) < 4.78 is 28.7. The summed E-state index contributed by atoms with van der Waals surface area (Å²) in [5.41, 5.74) is 5.82. The molecule has 2 aromatic rings. The first-order valence-electron chi connectivity index (χ1n) is 4.80. The van der Waals surface area contributed by atoms with Crippen molar-refractivity contribution in [3.05, 3.63) is 24.0 Å². The Bertz CT molecular complexity index is 540. The van der Waals surface area contributed by atoms with E-state index in [0.29, 0.717) is 5.75 Å². The summed E-state index contributed by atoms with van der Waals surface area (Å²) in [6, 6.07) is 4.16. The predicted octanol–water partition coefficient (Wildman–Crippen LogP) is 2.08. The maximum atomic E-state index is 13.8. The lowest BCUT2D eigenvalue weighted by Crippen LogP contribution is -1.96. The maximum absolute atomic E-state index is 13.8. The van der Waals surface area contributed by atoms with Crippen molar-refractivity contribution in [2.45, 2.75) is 0 Å². The van der Waals surface area contributed by atoms with E-state index in [2.05, 4.69) is 5.16 Å². The van der Waals surface area contributed by atoms with Gasteiger partial charge in [-0.2, -0.15) is 0 Å². The topological polar surface area (TPSA) is 70.5 Å². The summed E-state index contributed by atoms with van der Waals surface area (Å²) in [5, 5.41) is 3.66. The summed E-state index contributed by atoms with van der Waals surface area (Å²) in [5.74, 6) is 0.270. The van der Waals surface area contributed by atoms with Crippen LogP contribution in [0.5, 0.6) is 11.5 Å². The zero-order chi connectivity index (χ0) is 12.4. The van der Waals surface area contributed by atoms with E-state index < -0.39 is 5.82 Å². The van der Waals surface area contributed by atoms with Gasteiger partial charge in [0.15, 0.2) is 11.5 Å². The number of anilines is 1. The maximum Gasteiger partial charge on any atom is 0.222 e. The minimum Gasteiger partial charge on any atom is -0.493 e. The van der Waals surface area contributed by atoms with Crippen molar-refractivity contribution in [2.24, 2.45) is 0 Å². The van der Waals surface area contributed by atoms with Gasteiger partial charge in [0.05, 0.1) is 19.8 Å². The number of hydrogen-bond donors (Lipinski definition) is 1. The average Bonchev–Trinajstić information content (AvgIpc) is 2.74. The van der Waals surface area contributed by atoms with Crippen LogP contribution in [0.15, 0.2) is 22.7 Å². The van der Waals surface area contributed by atoms with Crippen molar-refractivity contribution in [3.8, 4) is 22.8 Å². The molecule has 2 N–H and O–H groups in total. The normalized spacial score (nSPS) is 10.3. The SMILES string of the molecule is COc1ccc(F)c(-c2cc(N)on2)c1OC. The summed E-state index contributed by atoms with van der Waals surface area (Å²) in [7, 11) is 2.89. The van der Waals surface area contributed by atoms with Crippen molar-refractivity contribution >= 4 is 5.88 Å². The third-order valence-electron chi connectivity index (χ3n) is 2.28. The highest BCUT2D eigenvalue weighted by Gasteiger charge is 2.19. The van der Waals surface area contributed by atoms with Crippen molar-refractivity contribution in [2.75, 3.05) is 20.0 Å². The average molecular weight is 238 g/mol. The van der Waals surface area contributed by atoms with Gasteiger partial charge >= 0.3 is 0 Å². The van der Waals surface area contributed by atoms with Crippen LogP contribution in [-0.2, 0) is 0 Å². The smallest absolute Gasteiger partial charge is 0.222 e. The number of nitrogens with zero attached hydrogens (tertiary/aromatic N) is 1. The highest BCUT2D eigenvalue weighted by Crippen LogP contribution is 2.39. The molecule has 1 aromatic carbocycles. The van der Waals surface area contributed by atoms with Crippen LogP contribution in [0.2, 0.25) is 0 Å². The molecule has 1 heterocycles. The van der Waals surface area contributed by atoms with Crippen LogP contribution in [0.1, 0.15) is 0 Å². The largest absolute Gasteiger partial charge is 0.493 e. The van der Waals surface area contributed by atoms with Gasteiger partial charge in [-0.1, -0.05) is 5.16 Å². The van der Waals surface area contributed by atoms with E-state index in [0.717, 1.165) is 0 Å². The number of ether oxygens (including phenoxy) is 2. The Morgan fingerprint density at radius 1 is 1.29 bits per heavy atom. The second-order valence-corrected chi connectivity index (χ2v) is 3.27. The highest BCUT2D eigenvalue weighted by atomic mass is 19.1. The number of benzene rings is 1. The molecule has 90 valence electrons. The fourth-order valence-corrected chi connectivity index (χ4v) is 1.55. The zero-order valence-corrected chi connectivity index (χ0v) is 9.36. The second kappa shape index (κ2) is 4.32. The molecule has 0 saturated carbocycles. The van der Waals surface area contributed by atoms with Crippen LogP contribution in [0, 0.1) is 5.82 Å². The minimum atomic E-state index is -0.490. The first-order chi connectivity index (χ1) is 8.17. The molecule has 0 saturated heterocycles. The Morgan fingerprint density at radius 2 is 2.06 bits per heavy atom. The molecule has 0 atom stereocenters. The quantitative estimate of drug-likeness (QED) is 0.886. The number of halogens is 1. The lowest BCUT2D eigenvalue weighted by Gasteiger charge is -2.11. The lowest BCUT2D eigenvalue weighted by atomic mass is 10.1. The van der Waals surface area contributed by atoms with E-state index in [-0.39, 0.29) is 22.9 Å². The van der Waals surface area contributed by atoms with Crippen molar-refractivity contribution in [1.29, 1.82) is 0 Å². The standard InChI is InChI=1S/C11H11FN2O3/c1-15-8-4-3-6(12)10(11(8)16-2)7-5-9(13)17-14-7/h3-5H,13H2,1-2H3. The Labute approximate surface area is 96.9 Å². The molecule has 0 unspecified atom stereocenters. The number of hydrogen-bond acceptors (Lipinski definition) is 5. The molecule has 0 aliphatic carbocycles. The number of rotatable bonds is 3. The van der Waals surface area contributed by atoms with E-state index in [1.807, 2.05) is 0 Å². The van der Waals surface area contributed by atoms with Crippen molar-refractivity contribution < 1.29 is 18.4 Å². The molecule has 2 rings (SSSR count). The van der Waals surface area contributed by atoms with Crippen LogP contribution < -0.4 is 15.2 Å². The van der Waals surface area contributed by atoms with Crippen LogP contribution in [-0.4, -0.2) is 19.4 Å². The molecule has 6 heteroatoms. The van der Waals surface area contributed by atoms with Gasteiger partial charge in [0.2, 0.25) is 5.88 Å². The summed E-state index contributed by atoms with van der Waals surface area (Å²) in [6.07, 6.45) is 0. The van der Waals surface area contributed by atoms with Gasteiger partial charge in [0.25, 0.3) is 0 Å². The van der Waals surface area contributed by atoms with Crippen LogP contribution in [0.25, 0.3) is 11.3 Å². The number of methoxy groups -OCH3 is 2. The molecule has 0 bridgehead atoms. The second-order valence-electron chi connectivity index (χ2n) is 3.27. The third kappa shape index (κ3) is 1.89. The molecule has 0 amide bonds. The van der Waals surface area contributed by atoms with Gasteiger partial charge in [-0.3, -0.25) is 0 Å². The van der Waals surface area contributed by atoms with E-state index in [4.69, 9.17) is 19.7 Å². The number of nitrogens with two attached hydrogens (primary N) is 1. The molecular formula is C11H11FN2O3. The molecule has 0 aliphatic heterocycles. The molecular weight excluding hydrogens is 227 g/mol. The molecule has 5 nitrogen and oxygen atoms in total. The van der Waals surface area contributed by atoms with Crippen LogP contribution >= 0.6 is 0 Å². The molecule has 0 spiro atoms. The van der Waals surface area contributed by atoms with Gasteiger partial charge in [0, 0.05) is 6.07 Å². The molecule has 0 radical (unpaired) electrons. The summed E-state index contributed by atoms with van der Waals surface area (Å²) >= 11 is 0. The van der Waals surface area contributed by atoms with Gasteiger partial charge in [-0.05, 0) is 12.1 Å². The first kappa shape index (κ1) is 11.3. The number of nitrogen functional groups attached to an aromatic ring is 1. The van der Waals surface area contributed by atoms with Gasteiger partial charge in [-0.15, -0.1) is 0 Å². The first-order valence-corrected chi connectivity index (χ1v) is 4.80. The highest BCUT2D eigenvalue weighted by molar-refractivity contribution is 5.72. The summed E-state index contributed by atoms with van der Waals surface area (Å²) in [4.78, 5) is 0. The van der Waals surface area contributed by atoms with E-state index in [1.165, 1.54) is 32.4 Å². The molecule has 0 fully saturated rings. The summed E-state index contributed by atoms with van der Waals surface area (Å²) in [6.45, 7) is 0. The van der Waals surface area contributed by atoms with E-state index in [9.17, 15) is 4.39 Å². The molecule has 0 aliphatic rings. The zero-order valence-electron chi connectivity index (χ0n) is 9.36. The fraction of sp³-hybridized carbons (Fsp3) is 0.182. The van der Waals surface area contributed by atoms with E-state index in [1.54, 1.807) is 0 Å². The fourth-order valence-electron chi connectivity index (χ4n) is 1.55. The third-order valence-corrected chi connectivity index (χ3v) is 2.28. The lowest BCUT2D eigenvalue weighted by molar-refractivity contribution is 0.353. The number of aromatic nitrogens is 1. The van der Waals surface area contributed by atoms with Crippen molar-refractivity contribution in [3.63, 3.8) is 0 Å². The van der Waals surface area contributed by atoms with Crippen LogP contribution in [0.3, 0.4) is 0 Å². The van der Waals surface area contributed by atoms with Gasteiger partial charge < -0.3 is 19.7 Å². The Hall–Kier alpha value is -2.24. The Balaban J connectivity index is 2.66. The predicted molar refractivity (Wildman–Crippen MR) is 59.4 cm³/mol. The van der Waals surface area contributed by atoms with Crippen molar-refractivity contribution in [1.82, 2.24) is 5.16 Å². The molecule has 17 heavy (non-hydrogen) atoms. The Morgan fingerprint density at radius 3 is 2.59 bits per heavy atom. The van der Waals surface area contributed by atoms with Gasteiger partial charge in [-0.25, -0.2) is 4.39 Å². The molecule has 1 aromatic heterocycles. The van der Waals surface area contributed by atoms with Crippen LogP contribution in [0.4, 0.5) is 10.3 Å². The Kier molecular flexibility index (Phi) is 2.86. The monoisotopic (exact) mass is 238 g/mol.